The minimum atomic E-state index is -4.49. The third-order valence-electron chi connectivity index (χ3n) is 5.82. The summed E-state index contributed by atoms with van der Waals surface area (Å²) in [4.78, 5) is 13.4. The van der Waals surface area contributed by atoms with Crippen LogP contribution in [0.5, 0.6) is 0 Å². The van der Waals surface area contributed by atoms with Crippen molar-refractivity contribution in [3.8, 4) is 33.5 Å². The monoisotopic (exact) mass is 463 g/mol. The number of benzene rings is 3. The molecule has 6 heteroatoms. The van der Waals surface area contributed by atoms with Crippen LogP contribution in [0, 0.1) is 0 Å². The van der Waals surface area contributed by atoms with Gasteiger partial charge in [0.15, 0.2) is 0 Å². The molecule has 0 aliphatic carbocycles. The predicted molar refractivity (Wildman–Crippen MR) is 128 cm³/mol. The van der Waals surface area contributed by atoms with Crippen LogP contribution in [0.2, 0.25) is 0 Å². The Balaban J connectivity index is 1.93. The standard InChI is InChI=1S/C28H24F3NO2/c1-27(2,3)21-13-9-19(10-14-21)24-17-23(18-7-5-4-6-8-18)25(26(33)32(24)34)20-11-15-22(16-12-20)28(29,30)31/h4-17,34H,1-3H3. The molecule has 0 saturated carbocycles. The van der Waals surface area contributed by atoms with Gasteiger partial charge in [-0.05, 0) is 45.9 Å². The first kappa shape index (κ1) is 23.4. The fourth-order valence-corrected chi connectivity index (χ4v) is 3.90. The van der Waals surface area contributed by atoms with E-state index >= 15 is 0 Å². The second-order valence-corrected chi connectivity index (χ2v) is 9.20. The van der Waals surface area contributed by atoms with E-state index in [1.807, 2.05) is 54.6 Å². The lowest BCUT2D eigenvalue weighted by molar-refractivity contribution is -0.137. The second-order valence-electron chi connectivity index (χ2n) is 9.20. The van der Waals surface area contributed by atoms with Crippen LogP contribution in [-0.4, -0.2) is 9.94 Å². The molecule has 34 heavy (non-hydrogen) atoms. The van der Waals surface area contributed by atoms with Gasteiger partial charge in [0.1, 0.15) is 0 Å². The highest BCUT2D eigenvalue weighted by Gasteiger charge is 2.30. The molecule has 4 rings (SSSR count). The van der Waals surface area contributed by atoms with E-state index in [0.29, 0.717) is 27.1 Å². The largest absolute Gasteiger partial charge is 0.425 e. The van der Waals surface area contributed by atoms with E-state index < -0.39 is 17.3 Å². The quantitative estimate of drug-likeness (QED) is 0.322. The maximum Gasteiger partial charge on any atom is 0.416 e. The molecule has 3 nitrogen and oxygen atoms in total. The highest BCUT2D eigenvalue weighted by Crippen LogP contribution is 2.35. The molecule has 0 spiro atoms. The van der Waals surface area contributed by atoms with E-state index in [-0.39, 0.29) is 16.5 Å². The number of pyridine rings is 1. The molecule has 1 heterocycles. The molecular formula is C28H24F3NO2. The Morgan fingerprint density at radius 3 is 1.76 bits per heavy atom. The SMILES string of the molecule is CC(C)(C)c1ccc(-c2cc(-c3ccccc3)c(-c3ccc(C(F)(F)F)cc3)c(=O)n2O)cc1. The van der Waals surface area contributed by atoms with Gasteiger partial charge in [-0.3, -0.25) is 4.79 Å². The van der Waals surface area contributed by atoms with Crippen molar-refractivity contribution >= 4 is 0 Å². The van der Waals surface area contributed by atoms with Crippen molar-refractivity contribution in [2.45, 2.75) is 32.4 Å². The van der Waals surface area contributed by atoms with Gasteiger partial charge in [-0.2, -0.15) is 13.2 Å². The molecule has 1 aromatic heterocycles. The van der Waals surface area contributed by atoms with Gasteiger partial charge in [-0.1, -0.05) is 87.5 Å². The summed E-state index contributed by atoms with van der Waals surface area (Å²) in [5.74, 6) is 0. The number of nitrogens with zero attached hydrogens (tertiary/aromatic N) is 1. The van der Waals surface area contributed by atoms with E-state index in [2.05, 4.69) is 20.8 Å². The summed E-state index contributed by atoms with van der Waals surface area (Å²) in [6.45, 7) is 6.28. The maximum atomic E-state index is 13.4. The molecule has 0 bridgehead atoms. The molecule has 0 amide bonds. The van der Waals surface area contributed by atoms with Gasteiger partial charge in [0, 0.05) is 5.56 Å². The van der Waals surface area contributed by atoms with E-state index in [1.165, 1.54) is 12.1 Å². The Hall–Kier alpha value is -3.80. The fourth-order valence-electron chi connectivity index (χ4n) is 3.90. The third-order valence-corrected chi connectivity index (χ3v) is 5.82. The van der Waals surface area contributed by atoms with Gasteiger partial charge in [-0.25, -0.2) is 0 Å². The van der Waals surface area contributed by atoms with Crippen LogP contribution >= 0.6 is 0 Å². The zero-order chi connectivity index (χ0) is 24.7. The van der Waals surface area contributed by atoms with Gasteiger partial charge in [-0.15, -0.1) is 4.73 Å². The van der Waals surface area contributed by atoms with Gasteiger partial charge in [0.2, 0.25) is 0 Å². The van der Waals surface area contributed by atoms with Crippen LogP contribution in [-0.2, 0) is 11.6 Å². The summed E-state index contributed by atoms with van der Waals surface area (Å²) in [5, 5.41) is 10.8. The molecule has 0 saturated heterocycles. The van der Waals surface area contributed by atoms with Crippen molar-refractivity contribution in [3.05, 3.63) is 106 Å². The number of hydrogen-bond acceptors (Lipinski definition) is 2. The third kappa shape index (κ3) is 4.49. The number of halogens is 3. The average molecular weight is 463 g/mol. The molecular weight excluding hydrogens is 439 g/mol. The summed E-state index contributed by atoms with van der Waals surface area (Å²) in [6.07, 6.45) is -4.49. The topological polar surface area (TPSA) is 42.2 Å². The number of alkyl halides is 3. The van der Waals surface area contributed by atoms with Crippen molar-refractivity contribution in [2.75, 3.05) is 0 Å². The normalized spacial score (nSPS) is 12.1. The van der Waals surface area contributed by atoms with Gasteiger partial charge < -0.3 is 5.21 Å². The van der Waals surface area contributed by atoms with E-state index in [4.69, 9.17) is 0 Å². The van der Waals surface area contributed by atoms with Crippen LogP contribution in [0.4, 0.5) is 13.2 Å². The Morgan fingerprint density at radius 2 is 1.24 bits per heavy atom. The molecule has 0 unspecified atom stereocenters. The van der Waals surface area contributed by atoms with Crippen molar-refractivity contribution in [1.82, 2.24) is 4.73 Å². The van der Waals surface area contributed by atoms with Crippen molar-refractivity contribution in [2.24, 2.45) is 0 Å². The van der Waals surface area contributed by atoms with Crippen LogP contribution in [0.25, 0.3) is 33.5 Å². The lowest BCUT2D eigenvalue weighted by Gasteiger charge is -2.20. The first-order chi connectivity index (χ1) is 16.0. The number of aromatic nitrogens is 1. The van der Waals surface area contributed by atoms with Crippen molar-refractivity contribution in [3.63, 3.8) is 0 Å². The Morgan fingerprint density at radius 1 is 0.706 bits per heavy atom. The summed E-state index contributed by atoms with van der Waals surface area (Å²) >= 11 is 0. The molecule has 0 radical (unpaired) electrons. The molecule has 174 valence electrons. The predicted octanol–water partition coefficient (Wildman–Crippen LogP) is 7.40. The molecule has 1 N–H and O–H groups in total. The zero-order valence-electron chi connectivity index (χ0n) is 19.0. The summed E-state index contributed by atoms with van der Waals surface area (Å²) in [6, 6.07) is 22.7. The van der Waals surface area contributed by atoms with Crippen LogP contribution in [0.1, 0.15) is 31.9 Å². The highest BCUT2D eigenvalue weighted by atomic mass is 19.4. The van der Waals surface area contributed by atoms with E-state index in [1.54, 1.807) is 6.07 Å². The lowest BCUT2D eigenvalue weighted by Crippen LogP contribution is -2.22. The van der Waals surface area contributed by atoms with Gasteiger partial charge in [0.25, 0.3) is 5.56 Å². The summed E-state index contributed by atoms with van der Waals surface area (Å²) in [7, 11) is 0. The Labute approximate surface area is 195 Å². The molecule has 0 aliphatic heterocycles. The Kier molecular flexibility index (Phi) is 5.86. The second kappa shape index (κ2) is 8.52. The van der Waals surface area contributed by atoms with Crippen molar-refractivity contribution in [1.29, 1.82) is 0 Å². The Bertz CT molecular complexity index is 1360. The first-order valence-electron chi connectivity index (χ1n) is 10.8. The van der Waals surface area contributed by atoms with Gasteiger partial charge >= 0.3 is 6.18 Å². The minimum Gasteiger partial charge on any atom is -0.425 e. The first-order valence-corrected chi connectivity index (χ1v) is 10.8. The molecule has 0 atom stereocenters. The average Bonchev–Trinajstić information content (AvgIpc) is 2.80. The minimum absolute atomic E-state index is 0.0565. The summed E-state index contributed by atoms with van der Waals surface area (Å²) < 4.78 is 39.7. The van der Waals surface area contributed by atoms with E-state index in [0.717, 1.165) is 17.7 Å². The molecule has 3 aromatic carbocycles. The fraction of sp³-hybridized carbons (Fsp3) is 0.179. The highest BCUT2D eigenvalue weighted by molar-refractivity contribution is 5.85. The molecule has 0 aliphatic rings. The smallest absolute Gasteiger partial charge is 0.416 e. The van der Waals surface area contributed by atoms with Crippen LogP contribution in [0.15, 0.2) is 89.7 Å². The van der Waals surface area contributed by atoms with Crippen molar-refractivity contribution < 1.29 is 18.4 Å². The molecule has 0 fully saturated rings. The van der Waals surface area contributed by atoms with Crippen LogP contribution in [0.3, 0.4) is 0 Å². The lowest BCUT2D eigenvalue weighted by atomic mass is 9.86. The number of hydrogen-bond donors (Lipinski definition) is 1. The zero-order valence-corrected chi connectivity index (χ0v) is 19.0. The van der Waals surface area contributed by atoms with E-state index in [9.17, 15) is 23.2 Å². The van der Waals surface area contributed by atoms with Crippen LogP contribution < -0.4 is 5.56 Å². The maximum absolute atomic E-state index is 13.4. The summed E-state index contributed by atoms with van der Waals surface area (Å²) in [5.41, 5.74) is 2.10. The molecule has 4 aromatic rings. The van der Waals surface area contributed by atoms with Gasteiger partial charge in [0.05, 0.1) is 16.8 Å². The number of rotatable bonds is 3.